The maximum atomic E-state index is 13.1. The Morgan fingerprint density at radius 3 is 2.66 bits per heavy atom. The van der Waals surface area contributed by atoms with Gasteiger partial charge in [-0.1, -0.05) is 13.3 Å². The fourth-order valence-electron chi connectivity index (χ4n) is 5.37. The first-order chi connectivity index (χ1) is 15.6. The lowest BCUT2D eigenvalue weighted by Crippen LogP contribution is -2.43. The van der Waals surface area contributed by atoms with Crippen molar-refractivity contribution in [1.29, 1.82) is 0 Å². The van der Waals surface area contributed by atoms with Crippen LogP contribution in [-0.4, -0.2) is 54.2 Å². The van der Waals surface area contributed by atoms with E-state index in [1.807, 2.05) is 35.2 Å². The van der Waals surface area contributed by atoms with Crippen LogP contribution >= 0.6 is 0 Å². The van der Waals surface area contributed by atoms with Gasteiger partial charge in [0.05, 0.1) is 18.5 Å². The third kappa shape index (κ3) is 4.20. The largest absolute Gasteiger partial charge is 0.494 e. The van der Waals surface area contributed by atoms with Gasteiger partial charge in [-0.15, -0.1) is 0 Å². The molecule has 6 nitrogen and oxygen atoms in total. The van der Waals surface area contributed by atoms with Gasteiger partial charge in [0.2, 0.25) is 5.88 Å². The number of anilines is 1. The van der Waals surface area contributed by atoms with Gasteiger partial charge in [0.1, 0.15) is 11.9 Å². The van der Waals surface area contributed by atoms with E-state index in [9.17, 15) is 4.79 Å². The zero-order valence-electron chi connectivity index (χ0n) is 19.1. The van der Waals surface area contributed by atoms with Crippen LogP contribution in [0.2, 0.25) is 0 Å². The van der Waals surface area contributed by atoms with E-state index in [0.717, 1.165) is 54.7 Å². The van der Waals surface area contributed by atoms with Crippen molar-refractivity contribution in [2.75, 3.05) is 25.1 Å². The van der Waals surface area contributed by atoms with Crippen molar-refractivity contribution < 1.29 is 14.3 Å². The zero-order chi connectivity index (χ0) is 22.1. The molecule has 1 amide bonds. The highest BCUT2D eigenvalue weighted by Gasteiger charge is 2.39. The van der Waals surface area contributed by atoms with Crippen molar-refractivity contribution in [3.05, 3.63) is 47.7 Å². The number of pyridine rings is 1. The molecule has 1 unspecified atom stereocenters. The van der Waals surface area contributed by atoms with Gasteiger partial charge in [0.25, 0.3) is 5.91 Å². The van der Waals surface area contributed by atoms with Crippen LogP contribution in [0.3, 0.4) is 0 Å². The quantitative estimate of drug-likeness (QED) is 0.601. The van der Waals surface area contributed by atoms with Crippen LogP contribution in [0.15, 0.2) is 36.5 Å². The standard InChI is InChI=1S/C26H33N3O3/c1-3-4-13-31-22-8-9-24-18(14-22)11-12-29(26(24)30)21-7-10-25(27-17-21)32-23-15-19-5-6-20(16-23)28(19)2/h7-10,14,17,19-20,23H,3-6,11-13,15-16H2,1-2H3/t19-,20+,23?. The third-order valence-electron chi connectivity index (χ3n) is 7.30. The fraction of sp³-hybridized carbons (Fsp3) is 0.538. The van der Waals surface area contributed by atoms with Gasteiger partial charge in [-0.3, -0.25) is 4.79 Å². The minimum atomic E-state index is 0.0220. The monoisotopic (exact) mass is 435 g/mol. The summed E-state index contributed by atoms with van der Waals surface area (Å²) in [4.78, 5) is 22.0. The average Bonchev–Trinajstić information content (AvgIpc) is 3.01. The maximum Gasteiger partial charge on any atom is 0.258 e. The molecule has 32 heavy (non-hydrogen) atoms. The van der Waals surface area contributed by atoms with Crippen LogP contribution in [0.25, 0.3) is 0 Å². The Morgan fingerprint density at radius 2 is 1.94 bits per heavy atom. The Labute approximate surface area is 190 Å². The number of piperidine rings is 1. The molecule has 0 saturated carbocycles. The second kappa shape index (κ2) is 9.10. The Hall–Kier alpha value is -2.60. The molecule has 3 aliphatic rings. The molecule has 4 heterocycles. The summed E-state index contributed by atoms with van der Waals surface area (Å²) in [7, 11) is 2.24. The number of ether oxygens (including phenoxy) is 2. The van der Waals surface area contributed by atoms with Crippen molar-refractivity contribution in [2.45, 2.75) is 70.1 Å². The van der Waals surface area contributed by atoms with Crippen molar-refractivity contribution >= 4 is 11.6 Å². The van der Waals surface area contributed by atoms with Crippen LogP contribution < -0.4 is 14.4 Å². The number of carbonyl (C=O) groups excluding carboxylic acids is 1. The molecule has 2 bridgehead atoms. The molecule has 0 N–H and O–H groups in total. The maximum absolute atomic E-state index is 13.1. The number of nitrogens with zero attached hydrogens (tertiary/aromatic N) is 3. The Morgan fingerprint density at radius 1 is 1.12 bits per heavy atom. The van der Waals surface area contributed by atoms with Gasteiger partial charge < -0.3 is 19.3 Å². The lowest BCUT2D eigenvalue weighted by Gasteiger charge is -2.36. The van der Waals surface area contributed by atoms with Crippen molar-refractivity contribution in [3.8, 4) is 11.6 Å². The molecule has 2 aromatic rings. The SMILES string of the molecule is CCCCOc1ccc2c(c1)CCN(c1ccc(OC3C[C@H]4CC[C@@H](C3)N4C)nc1)C2=O. The minimum Gasteiger partial charge on any atom is -0.494 e. The summed E-state index contributed by atoms with van der Waals surface area (Å²) < 4.78 is 12.0. The van der Waals surface area contributed by atoms with E-state index in [4.69, 9.17) is 9.47 Å². The highest BCUT2D eigenvalue weighted by Crippen LogP contribution is 2.36. The lowest BCUT2D eigenvalue weighted by molar-refractivity contribution is 0.0632. The molecule has 3 aliphatic heterocycles. The minimum absolute atomic E-state index is 0.0220. The first-order valence-electron chi connectivity index (χ1n) is 12.0. The molecule has 2 fully saturated rings. The van der Waals surface area contributed by atoms with Crippen LogP contribution in [0.5, 0.6) is 11.6 Å². The summed E-state index contributed by atoms with van der Waals surface area (Å²) in [6.45, 7) is 3.51. The fourth-order valence-corrected chi connectivity index (χ4v) is 5.37. The second-order valence-corrected chi connectivity index (χ2v) is 9.34. The Bertz CT molecular complexity index is 947. The predicted molar refractivity (Wildman–Crippen MR) is 125 cm³/mol. The van der Waals surface area contributed by atoms with Crippen molar-refractivity contribution in [1.82, 2.24) is 9.88 Å². The van der Waals surface area contributed by atoms with Crippen LogP contribution in [0, 0.1) is 0 Å². The molecular weight excluding hydrogens is 402 g/mol. The molecule has 0 spiro atoms. The van der Waals surface area contributed by atoms with Crippen LogP contribution in [-0.2, 0) is 6.42 Å². The molecular formula is C26H33N3O3. The first-order valence-corrected chi connectivity index (χ1v) is 12.0. The summed E-state index contributed by atoms with van der Waals surface area (Å²) in [6, 6.07) is 11.0. The molecule has 6 heteroatoms. The second-order valence-electron chi connectivity index (χ2n) is 9.34. The van der Waals surface area contributed by atoms with E-state index in [2.05, 4.69) is 23.9 Å². The number of unbranched alkanes of at least 4 members (excludes halogenated alkanes) is 1. The average molecular weight is 436 g/mol. The summed E-state index contributed by atoms with van der Waals surface area (Å²) in [5.41, 5.74) is 2.63. The highest BCUT2D eigenvalue weighted by molar-refractivity contribution is 6.08. The van der Waals surface area contributed by atoms with E-state index in [1.54, 1.807) is 6.20 Å². The van der Waals surface area contributed by atoms with Gasteiger partial charge in [0.15, 0.2) is 0 Å². The highest BCUT2D eigenvalue weighted by atomic mass is 16.5. The van der Waals surface area contributed by atoms with Gasteiger partial charge >= 0.3 is 0 Å². The molecule has 5 rings (SSSR count). The van der Waals surface area contributed by atoms with E-state index in [0.29, 0.717) is 31.1 Å². The topological polar surface area (TPSA) is 54.9 Å². The summed E-state index contributed by atoms with van der Waals surface area (Å²) >= 11 is 0. The predicted octanol–water partition coefficient (Wildman–Crippen LogP) is 4.47. The van der Waals surface area contributed by atoms with Crippen molar-refractivity contribution in [2.24, 2.45) is 0 Å². The number of aromatic nitrogens is 1. The number of benzene rings is 1. The number of hydrogen-bond acceptors (Lipinski definition) is 5. The van der Waals surface area contributed by atoms with Gasteiger partial charge in [-0.25, -0.2) is 4.98 Å². The van der Waals surface area contributed by atoms with Gasteiger partial charge in [-0.2, -0.15) is 0 Å². The molecule has 0 aliphatic carbocycles. The number of rotatable bonds is 7. The van der Waals surface area contributed by atoms with Crippen LogP contribution in [0.1, 0.15) is 61.4 Å². The van der Waals surface area contributed by atoms with Gasteiger partial charge in [0, 0.05) is 30.3 Å². The summed E-state index contributed by atoms with van der Waals surface area (Å²) in [6.07, 6.45) is 9.65. The van der Waals surface area contributed by atoms with E-state index >= 15 is 0 Å². The molecule has 3 atom stereocenters. The number of fused-ring (bicyclic) bond motifs is 3. The molecule has 170 valence electrons. The number of amides is 1. The first kappa shape index (κ1) is 21.3. The number of hydrogen-bond donors (Lipinski definition) is 0. The van der Waals surface area contributed by atoms with Crippen LogP contribution in [0.4, 0.5) is 5.69 Å². The van der Waals surface area contributed by atoms with Crippen molar-refractivity contribution in [3.63, 3.8) is 0 Å². The summed E-state index contributed by atoms with van der Waals surface area (Å²) in [5, 5.41) is 0. The smallest absolute Gasteiger partial charge is 0.258 e. The van der Waals surface area contributed by atoms with E-state index < -0.39 is 0 Å². The Balaban J connectivity index is 1.23. The normalized spacial score (nSPS) is 25.0. The van der Waals surface area contributed by atoms with E-state index in [1.165, 1.54) is 12.8 Å². The molecule has 1 aromatic carbocycles. The van der Waals surface area contributed by atoms with Gasteiger partial charge in [-0.05, 0) is 75.4 Å². The zero-order valence-corrected chi connectivity index (χ0v) is 19.1. The number of carbonyl (C=O) groups is 1. The lowest BCUT2D eigenvalue weighted by atomic mass is 9.98. The molecule has 1 aromatic heterocycles. The molecule has 2 saturated heterocycles. The summed E-state index contributed by atoms with van der Waals surface area (Å²) in [5.74, 6) is 1.53. The Kier molecular flexibility index (Phi) is 6.05. The third-order valence-corrected chi connectivity index (χ3v) is 7.30. The molecule has 0 radical (unpaired) electrons. The van der Waals surface area contributed by atoms with E-state index in [-0.39, 0.29) is 12.0 Å².